The first-order valence-electron chi connectivity index (χ1n) is 10.6. The van der Waals surface area contributed by atoms with E-state index in [0.29, 0.717) is 28.0 Å². The van der Waals surface area contributed by atoms with Crippen molar-refractivity contribution in [3.63, 3.8) is 0 Å². The van der Waals surface area contributed by atoms with Crippen molar-refractivity contribution in [3.8, 4) is 22.9 Å². The van der Waals surface area contributed by atoms with Gasteiger partial charge in [0.15, 0.2) is 16.6 Å². The summed E-state index contributed by atoms with van der Waals surface area (Å²) in [5.74, 6) is 1.27. The molecule has 166 valence electrons. The number of hydrogen-bond donors (Lipinski definition) is 2. The summed E-state index contributed by atoms with van der Waals surface area (Å²) >= 11 is 5.58. The highest BCUT2D eigenvalue weighted by Gasteiger charge is 2.26. The molecule has 0 aliphatic carbocycles. The second-order valence-electron chi connectivity index (χ2n) is 9.78. The van der Waals surface area contributed by atoms with Crippen molar-refractivity contribution in [1.82, 2.24) is 15.3 Å². The Morgan fingerprint density at radius 1 is 0.875 bits per heavy atom. The van der Waals surface area contributed by atoms with Crippen molar-refractivity contribution in [3.05, 3.63) is 55.0 Å². The van der Waals surface area contributed by atoms with Gasteiger partial charge in [0.25, 0.3) is 0 Å². The Balaban J connectivity index is 1.63. The van der Waals surface area contributed by atoms with Gasteiger partial charge in [0.1, 0.15) is 11.4 Å². The minimum absolute atomic E-state index is 0.136. The lowest BCUT2D eigenvalue weighted by Crippen LogP contribution is -2.47. The lowest BCUT2D eigenvalue weighted by molar-refractivity contribution is 0.268. The maximum atomic E-state index is 5.61. The number of thiocarbonyl (C=S) groups is 1. The van der Waals surface area contributed by atoms with E-state index in [1.54, 1.807) is 12.5 Å². The molecule has 0 saturated heterocycles. The smallest absolute Gasteiger partial charge is 0.171 e. The minimum atomic E-state index is -0.136. The van der Waals surface area contributed by atoms with Crippen molar-refractivity contribution < 1.29 is 8.83 Å². The molecule has 0 aliphatic heterocycles. The third-order valence-electron chi connectivity index (χ3n) is 4.86. The summed E-state index contributed by atoms with van der Waals surface area (Å²) in [6, 6.07) is 13.2. The molecule has 0 unspecified atom stereocenters. The van der Waals surface area contributed by atoms with Gasteiger partial charge < -0.3 is 19.5 Å². The van der Waals surface area contributed by atoms with Crippen LogP contribution >= 0.6 is 12.2 Å². The molecule has 0 spiro atoms. The van der Waals surface area contributed by atoms with Gasteiger partial charge in [0.05, 0.1) is 23.6 Å². The van der Waals surface area contributed by atoms with Gasteiger partial charge in [-0.3, -0.25) is 0 Å². The molecule has 4 aromatic rings. The van der Waals surface area contributed by atoms with Gasteiger partial charge in [-0.2, -0.15) is 0 Å². The van der Waals surface area contributed by atoms with Gasteiger partial charge in [-0.05, 0) is 80.4 Å². The van der Waals surface area contributed by atoms with E-state index in [1.165, 1.54) is 0 Å². The van der Waals surface area contributed by atoms with Crippen LogP contribution in [0.25, 0.3) is 33.9 Å². The Morgan fingerprint density at radius 2 is 1.47 bits per heavy atom. The maximum absolute atomic E-state index is 5.61. The summed E-state index contributed by atoms with van der Waals surface area (Å²) in [6.07, 6.45) is 4.22. The fraction of sp³-hybridized carbons (Fsp3) is 0.320. The number of fused-ring (bicyclic) bond motifs is 1. The third kappa shape index (κ3) is 5.16. The number of aromatic nitrogens is 2. The molecule has 0 atom stereocenters. The van der Waals surface area contributed by atoms with Crippen LogP contribution in [0.2, 0.25) is 0 Å². The number of nitrogens with zero attached hydrogens (tertiary/aromatic N) is 2. The van der Waals surface area contributed by atoms with Crippen molar-refractivity contribution in [2.24, 2.45) is 5.41 Å². The Hall–Kier alpha value is -3.19. The van der Waals surface area contributed by atoms with Crippen molar-refractivity contribution in [1.29, 1.82) is 0 Å². The third-order valence-corrected chi connectivity index (χ3v) is 5.06. The van der Waals surface area contributed by atoms with Crippen LogP contribution in [0.3, 0.4) is 0 Å². The van der Waals surface area contributed by atoms with Gasteiger partial charge in [0.2, 0.25) is 0 Å². The molecule has 0 amide bonds. The average Bonchev–Trinajstić information content (AvgIpc) is 3.38. The Labute approximate surface area is 193 Å². The minimum Gasteiger partial charge on any atom is -0.463 e. The summed E-state index contributed by atoms with van der Waals surface area (Å²) < 4.78 is 11.2. The topological polar surface area (TPSA) is 76.1 Å². The summed E-state index contributed by atoms with van der Waals surface area (Å²) in [6.45, 7) is 11.0. The number of hydrogen-bond acceptors (Lipinski definition) is 5. The van der Waals surface area contributed by atoms with E-state index in [1.807, 2.05) is 42.5 Å². The van der Waals surface area contributed by atoms with Crippen LogP contribution in [0, 0.1) is 5.41 Å². The van der Waals surface area contributed by atoms with Crippen LogP contribution in [-0.4, -0.2) is 20.6 Å². The quantitative estimate of drug-likeness (QED) is 0.331. The molecule has 1 aromatic carbocycles. The molecule has 0 radical (unpaired) electrons. The van der Waals surface area contributed by atoms with Gasteiger partial charge >= 0.3 is 0 Å². The lowest BCUT2D eigenvalue weighted by atomic mass is 9.82. The zero-order valence-electron chi connectivity index (χ0n) is 19.0. The van der Waals surface area contributed by atoms with Crippen LogP contribution < -0.4 is 10.6 Å². The van der Waals surface area contributed by atoms with Crippen molar-refractivity contribution in [2.45, 2.75) is 46.6 Å². The number of benzene rings is 1. The summed E-state index contributed by atoms with van der Waals surface area (Å²) in [7, 11) is 0. The highest BCUT2D eigenvalue weighted by Crippen LogP contribution is 2.32. The first-order valence-corrected chi connectivity index (χ1v) is 11.0. The van der Waals surface area contributed by atoms with E-state index in [2.05, 4.69) is 45.3 Å². The van der Waals surface area contributed by atoms with Gasteiger partial charge in [-0.15, -0.1) is 0 Å². The van der Waals surface area contributed by atoms with Crippen LogP contribution in [-0.2, 0) is 0 Å². The van der Waals surface area contributed by atoms with Crippen molar-refractivity contribution >= 4 is 34.1 Å². The molecule has 4 rings (SSSR count). The first-order chi connectivity index (χ1) is 15.1. The van der Waals surface area contributed by atoms with E-state index in [9.17, 15) is 0 Å². The number of anilines is 1. The molecule has 3 heterocycles. The van der Waals surface area contributed by atoms with Crippen LogP contribution in [0.5, 0.6) is 0 Å². The first kappa shape index (κ1) is 22.0. The second kappa shape index (κ2) is 8.39. The zero-order chi connectivity index (χ0) is 22.9. The fourth-order valence-electron chi connectivity index (χ4n) is 4.14. The van der Waals surface area contributed by atoms with Crippen LogP contribution in [0.1, 0.15) is 41.0 Å². The monoisotopic (exact) mass is 448 g/mol. The molecule has 0 saturated carbocycles. The van der Waals surface area contributed by atoms with E-state index < -0.39 is 0 Å². The SMILES string of the molecule is CC(C)(C)CC(C)(C)NC(=S)Nc1ccc2nc(-c3ccco3)c(-c3ccco3)nc2c1. The van der Waals surface area contributed by atoms with Crippen LogP contribution in [0.4, 0.5) is 5.69 Å². The molecule has 0 fully saturated rings. The summed E-state index contributed by atoms with van der Waals surface area (Å²) in [5.41, 5.74) is 3.65. The predicted octanol–water partition coefficient (Wildman–Crippen LogP) is 6.65. The maximum Gasteiger partial charge on any atom is 0.171 e. The molecule has 7 heteroatoms. The standard InChI is InChI=1S/C25H28N4O2S/c1-24(2,3)15-25(4,5)29-23(32)26-16-10-11-17-18(14-16)28-22(20-9-7-13-31-20)21(27-17)19-8-6-12-30-19/h6-14H,15H2,1-5H3,(H2,26,29,32). The molecule has 3 aromatic heterocycles. The lowest BCUT2D eigenvalue weighted by Gasteiger charge is -2.34. The summed E-state index contributed by atoms with van der Waals surface area (Å²) in [5, 5.41) is 7.28. The Bertz CT molecular complexity index is 1220. The zero-order valence-corrected chi connectivity index (χ0v) is 19.8. The molecule has 6 nitrogen and oxygen atoms in total. The number of nitrogens with one attached hydrogen (secondary N) is 2. The summed E-state index contributed by atoms with van der Waals surface area (Å²) in [4.78, 5) is 9.65. The van der Waals surface area contributed by atoms with E-state index in [4.69, 9.17) is 31.0 Å². The van der Waals surface area contributed by atoms with Gasteiger partial charge in [-0.1, -0.05) is 20.8 Å². The van der Waals surface area contributed by atoms with E-state index >= 15 is 0 Å². The molecule has 0 bridgehead atoms. The fourth-order valence-corrected chi connectivity index (χ4v) is 4.54. The highest BCUT2D eigenvalue weighted by atomic mass is 32.1. The van der Waals surface area contributed by atoms with E-state index in [0.717, 1.165) is 23.1 Å². The molecular weight excluding hydrogens is 420 g/mol. The highest BCUT2D eigenvalue weighted by molar-refractivity contribution is 7.80. The molecule has 2 N–H and O–H groups in total. The van der Waals surface area contributed by atoms with Gasteiger partial charge in [0, 0.05) is 11.2 Å². The molecular formula is C25H28N4O2S. The van der Waals surface area contributed by atoms with Crippen molar-refractivity contribution in [2.75, 3.05) is 5.32 Å². The Morgan fingerprint density at radius 3 is 2.00 bits per heavy atom. The predicted molar refractivity (Wildman–Crippen MR) is 132 cm³/mol. The van der Waals surface area contributed by atoms with Gasteiger partial charge in [-0.25, -0.2) is 9.97 Å². The second-order valence-corrected chi connectivity index (χ2v) is 10.2. The Kier molecular flexibility index (Phi) is 5.77. The normalized spacial score (nSPS) is 12.2. The van der Waals surface area contributed by atoms with Crippen LogP contribution in [0.15, 0.2) is 63.8 Å². The number of furan rings is 2. The largest absolute Gasteiger partial charge is 0.463 e. The molecule has 32 heavy (non-hydrogen) atoms. The van der Waals surface area contributed by atoms with E-state index in [-0.39, 0.29) is 11.0 Å². The molecule has 0 aliphatic rings. The number of rotatable bonds is 5. The average molecular weight is 449 g/mol.